The highest BCUT2D eigenvalue weighted by molar-refractivity contribution is 8.76. The number of thioether (sulfide) groups is 2. The number of hydrogen-bond donors (Lipinski definition) is 4. The second kappa shape index (κ2) is 14.9. The van der Waals surface area contributed by atoms with Crippen LogP contribution in [0.5, 0.6) is 23.0 Å². The molecule has 0 bridgehead atoms. The second-order valence-electron chi connectivity index (χ2n) is 6.72. The zero-order valence-corrected chi connectivity index (χ0v) is 20.2. The maximum Gasteiger partial charge on any atom is 0.157 e. The van der Waals surface area contributed by atoms with E-state index in [4.69, 9.17) is 0 Å². The molecule has 0 aliphatic carbocycles. The Kier molecular flexibility index (Phi) is 12.6. The predicted molar refractivity (Wildman–Crippen MR) is 136 cm³/mol. The van der Waals surface area contributed by atoms with E-state index in [1.54, 1.807) is 24.3 Å². The SMILES string of the molecule is Oc1ccc(CCCSCCSSCCSCCCc2ccc(O)c(O)c2)cc1O. The summed E-state index contributed by atoms with van der Waals surface area (Å²) in [5.41, 5.74) is 2.13. The molecule has 2 aromatic carbocycles. The zero-order chi connectivity index (χ0) is 21.6. The first-order valence-electron chi connectivity index (χ1n) is 9.98. The van der Waals surface area contributed by atoms with E-state index in [1.165, 1.54) is 0 Å². The number of benzene rings is 2. The van der Waals surface area contributed by atoms with Crippen molar-refractivity contribution < 1.29 is 20.4 Å². The van der Waals surface area contributed by atoms with Gasteiger partial charge < -0.3 is 20.4 Å². The van der Waals surface area contributed by atoms with Crippen molar-refractivity contribution in [3.8, 4) is 23.0 Å². The van der Waals surface area contributed by atoms with Crippen LogP contribution in [-0.2, 0) is 12.8 Å². The monoisotopic (exact) mass is 486 g/mol. The van der Waals surface area contributed by atoms with Gasteiger partial charge in [-0.2, -0.15) is 23.5 Å². The molecular weight excluding hydrogens is 457 g/mol. The summed E-state index contributed by atoms with van der Waals surface area (Å²) in [5, 5.41) is 37.6. The molecular formula is C22H30O4S4. The van der Waals surface area contributed by atoms with Gasteiger partial charge >= 0.3 is 0 Å². The second-order valence-corrected chi connectivity index (χ2v) is 11.9. The average Bonchev–Trinajstić information content (AvgIpc) is 2.73. The summed E-state index contributed by atoms with van der Waals surface area (Å²) in [6, 6.07) is 10.1. The van der Waals surface area contributed by atoms with Gasteiger partial charge in [0.1, 0.15) is 0 Å². The number of aromatic hydroxyl groups is 4. The molecule has 8 heteroatoms. The van der Waals surface area contributed by atoms with Crippen LogP contribution in [0.1, 0.15) is 24.0 Å². The van der Waals surface area contributed by atoms with Gasteiger partial charge in [-0.15, -0.1) is 0 Å². The van der Waals surface area contributed by atoms with Gasteiger partial charge in [0.25, 0.3) is 0 Å². The summed E-state index contributed by atoms with van der Waals surface area (Å²) in [4.78, 5) is 0. The third-order valence-electron chi connectivity index (χ3n) is 4.29. The van der Waals surface area contributed by atoms with Crippen molar-refractivity contribution in [2.45, 2.75) is 25.7 Å². The molecule has 0 radical (unpaired) electrons. The molecule has 0 saturated carbocycles. The Hall–Kier alpha value is -0.960. The van der Waals surface area contributed by atoms with Crippen LogP contribution in [0.3, 0.4) is 0 Å². The zero-order valence-electron chi connectivity index (χ0n) is 17.0. The predicted octanol–water partition coefficient (Wildman–Crippen LogP) is 5.92. The largest absolute Gasteiger partial charge is 0.504 e. The van der Waals surface area contributed by atoms with Crippen LogP contribution < -0.4 is 0 Å². The van der Waals surface area contributed by atoms with Gasteiger partial charge in [0.15, 0.2) is 23.0 Å². The van der Waals surface area contributed by atoms with E-state index >= 15 is 0 Å². The fourth-order valence-electron chi connectivity index (χ4n) is 2.71. The molecule has 2 aromatic rings. The van der Waals surface area contributed by atoms with Crippen molar-refractivity contribution in [1.29, 1.82) is 0 Å². The quantitative estimate of drug-likeness (QED) is 0.140. The molecule has 0 saturated heterocycles. The van der Waals surface area contributed by atoms with Crippen LogP contribution in [0.4, 0.5) is 0 Å². The summed E-state index contributed by atoms with van der Waals surface area (Å²) in [6.07, 6.45) is 4.00. The van der Waals surface area contributed by atoms with Crippen molar-refractivity contribution in [3.05, 3.63) is 47.5 Å². The molecule has 4 N–H and O–H groups in total. The summed E-state index contributed by atoms with van der Waals surface area (Å²) >= 11 is 3.94. The van der Waals surface area contributed by atoms with Gasteiger partial charge in [-0.05, 0) is 72.6 Å². The maximum atomic E-state index is 9.49. The highest BCUT2D eigenvalue weighted by Crippen LogP contribution is 2.27. The lowest BCUT2D eigenvalue weighted by Crippen LogP contribution is -1.91. The van der Waals surface area contributed by atoms with E-state index in [9.17, 15) is 20.4 Å². The molecule has 0 atom stereocenters. The molecule has 0 heterocycles. The first-order valence-corrected chi connectivity index (χ1v) is 14.8. The first kappa shape index (κ1) is 25.3. The van der Waals surface area contributed by atoms with Gasteiger partial charge in [0.2, 0.25) is 0 Å². The van der Waals surface area contributed by atoms with Crippen molar-refractivity contribution in [3.63, 3.8) is 0 Å². The molecule has 0 aromatic heterocycles. The number of phenolic OH excluding ortho intramolecular Hbond substituents is 4. The Balaban J connectivity index is 1.34. The lowest BCUT2D eigenvalue weighted by atomic mass is 10.1. The molecule has 4 nitrogen and oxygen atoms in total. The van der Waals surface area contributed by atoms with Gasteiger partial charge in [0.05, 0.1) is 0 Å². The highest BCUT2D eigenvalue weighted by atomic mass is 33.1. The number of rotatable bonds is 15. The van der Waals surface area contributed by atoms with E-state index in [-0.39, 0.29) is 23.0 Å². The van der Waals surface area contributed by atoms with E-state index in [0.717, 1.165) is 71.3 Å². The maximum absolute atomic E-state index is 9.49. The van der Waals surface area contributed by atoms with Crippen LogP contribution in [0.25, 0.3) is 0 Å². The minimum Gasteiger partial charge on any atom is -0.504 e. The summed E-state index contributed by atoms with van der Waals surface area (Å²) in [7, 11) is 3.89. The first-order chi connectivity index (χ1) is 14.6. The molecule has 0 aliphatic rings. The van der Waals surface area contributed by atoms with E-state index in [0.29, 0.717) is 0 Å². The minimum absolute atomic E-state index is 0.0376. The Morgan fingerprint density at radius 3 is 1.33 bits per heavy atom. The fraction of sp³-hybridized carbons (Fsp3) is 0.455. The third-order valence-corrected chi connectivity index (χ3v) is 9.36. The summed E-state index contributed by atoms with van der Waals surface area (Å²) in [6.45, 7) is 0. The Bertz CT molecular complexity index is 694. The molecule has 0 fully saturated rings. The highest BCUT2D eigenvalue weighted by Gasteiger charge is 2.02. The standard InChI is InChI=1S/C22H30O4S4/c23-19-7-5-17(15-21(19)25)3-1-9-27-11-13-29-30-14-12-28-10-2-4-18-6-8-20(24)22(26)16-18/h5-8,15-16,23-26H,1-4,9-14H2. The molecule has 0 unspecified atom stereocenters. The molecule has 166 valence electrons. The van der Waals surface area contributed by atoms with Gasteiger partial charge in [0, 0.05) is 23.0 Å². The lowest BCUT2D eigenvalue weighted by molar-refractivity contribution is 0.403. The average molecular weight is 487 g/mol. The van der Waals surface area contributed by atoms with E-state index in [1.807, 2.05) is 57.2 Å². The third kappa shape index (κ3) is 10.4. The smallest absolute Gasteiger partial charge is 0.157 e. The number of hydrogen-bond acceptors (Lipinski definition) is 8. The molecule has 0 amide bonds. The van der Waals surface area contributed by atoms with E-state index < -0.39 is 0 Å². The van der Waals surface area contributed by atoms with Crippen molar-refractivity contribution in [2.24, 2.45) is 0 Å². The normalized spacial score (nSPS) is 11.1. The summed E-state index contributed by atoms with van der Waals surface area (Å²) in [5.74, 6) is 6.66. The number of phenols is 4. The molecule has 30 heavy (non-hydrogen) atoms. The van der Waals surface area contributed by atoms with E-state index in [2.05, 4.69) is 0 Å². The topological polar surface area (TPSA) is 80.9 Å². The van der Waals surface area contributed by atoms with Crippen LogP contribution in [0.15, 0.2) is 36.4 Å². The van der Waals surface area contributed by atoms with Crippen molar-refractivity contribution in [1.82, 2.24) is 0 Å². The Labute approximate surface area is 195 Å². The van der Waals surface area contributed by atoms with Crippen LogP contribution in [0.2, 0.25) is 0 Å². The van der Waals surface area contributed by atoms with Crippen LogP contribution in [0, 0.1) is 0 Å². The Morgan fingerprint density at radius 2 is 0.933 bits per heavy atom. The van der Waals surface area contributed by atoms with Gasteiger partial charge in [-0.3, -0.25) is 0 Å². The molecule has 0 aliphatic heterocycles. The fourth-order valence-corrected chi connectivity index (χ4v) is 7.47. The van der Waals surface area contributed by atoms with Crippen LogP contribution in [-0.4, -0.2) is 54.9 Å². The molecule has 2 rings (SSSR count). The molecule has 0 spiro atoms. The van der Waals surface area contributed by atoms with Gasteiger partial charge in [-0.1, -0.05) is 33.7 Å². The summed E-state index contributed by atoms with van der Waals surface area (Å²) < 4.78 is 0. The minimum atomic E-state index is -0.0590. The van der Waals surface area contributed by atoms with Crippen molar-refractivity contribution >= 4 is 45.1 Å². The van der Waals surface area contributed by atoms with Crippen molar-refractivity contribution in [2.75, 3.05) is 34.5 Å². The Morgan fingerprint density at radius 1 is 0.500 bits per heavy atom. The lowest BCUT2D eigenvalue weighted by Gasteiger charge is -2.05. The number of aryl methyl sites for hydroxylation is 2. The van der Waals surface area contributed by atoms with Gasteiger partial charge in [-0.25, -0.2) is 0 Å². The van der Waals surface area contributed by atoms with Crippen LogP contribution >= 0.6 is 45.1 Å².